The van der Waals surface area contributed by atoms with Crippen LogP contribution in [0.25, 0.3) is 11.0 Å². The molecular formula is C18H12ClN3O7S3. The molecule has 0 unspecified atom stereocenters. The van der Waals surface area contributed by atoms with Gasteiger partial charge in [0.05, 0.1) is 10.3 Å². The van der Waals surface area contributed by atoms with Gasteiger partial charge < -0.3 is 9.52 Å². The lowest BCUT2D eigenvalue weighted by molar-refractivity contribution is 0.442. The third kappa shape index (κ3) is 4.27. The number of benzene rings is 2. The Morgan fingerprint density at radius 1 is 1.00 bits per heavy atom. The molecule has 32 heavy (non-hydrogen) atoms. The molecule has 3 N–H and O–H groups in total. The van der Waals surface area contributed by atoms with Crippen LogP contribution in [0.15, 0.2) is 73.0 Å². The Morgan fingerprint density at radius 2 is 1.72 bits per heavy atom. The fourth-order valence-corrected chi connectivity index (χ4v) is 5.87. The Morgan fingerprint density at radius 3 is 2.38 bits per heavy atom. The molecule has 0 bridgehead atoms. The van der Waals surface area contributed by atoms with Crippen molar-refractivity contribution in [2.24, 2.45) is 0 Å². The van der Waals surface area contributed by atoms with Crippen molar-refractivity contribution in [3.63, 3.8) is 0 Å². The predicted octanol–water partition coefficient (Wildman–Crippen LogP) is 3.21. The second-order valence-electron chi connectivity index (χ2n) is 6.28. The van der Waals surface area contributed by atoms with Crippen LogP contribution in [-0.2, 0) is 20.0 Å². The zero-order valence-corrected chi connectivity index (χ0v) is 18.8. The molecule has 4 rings (SSSR count). The van der Waals surface area contributed by atoms with Gasteiger partial charge in [-0.1, -0.05) is 11.6 Å². The van der Waals surface area contributed by atoms with Crippen molar-refractivity contribution in [1.82, 2.24) is 4.98 Å². The summed E-state index contributed by atoms with van der Waals surface area (Å²) in [5.41, 5.74) is -1.38. The van der Waals surface area contributed by atoms with E-state index in [0.717, 1.165) is 23.5 Å². The standard InChI is InChI=1S/C18H12ClN3O7S3/c19-10-1-6-14-13(9-10)15(23)16(17(24)29-14)32(27,28)21-11-2-4-12(5-3-11)31(25,26)22-18-20-7-8-30-18/h1-9,21,23H,(H,20,22). The Balaban J connectivity index is 1.65. The molecule has 0 atom stereocenters. The summed E-state index contributed by atoms with van der Waals surface area (Å²) in [5.74, 6) is -0.821. The van der Waals surface area contributed by atoms with E-state index in [1.165, 1.54) is 36.5 Å². The number of rotatable bonds is 6. The summed E-state index contributed by atoms with van der Waals surface area (Å²) in [6, 6.07) is 8.68. The van der Waals surface area contributed by atoms with Gasteiger partial charge in [-0.15, -0.1) is 11.3 Å². The minimum absolute atomic E-state index is 0.0434. The number of fused-ring (bicyclic) bond motifs is 1. The van der Waals surface area contributed by atoms with Gasteiger partial charge in [0.15, 0.2) is 10.9 Å². The average molecular weight is 514 g/mol. The second kappa shape index (κ2) is 8.09. The van der Waals surface area contributed by atoms with E-state index in [1.807, 2.05) is 0 Å². The summed E-state index contributed by atoms with van der Waals surface area (Å²) in [5, 5.41) is 12.3. The van der Waals surface area contributed by atoms with E-state index in [4.69, 9.17) is 16.0 Å². The number of anilines is 2. The fourth-order valence-electron chi connectivity index (χ4n) is 2.73. The normalized spacial score (nSPS) is 12.0. The lowest BCUT2D eigenvalue weighted by Crippen LogP contribution is -2.21. The van der Waals surface area contributed by atoms with E-state index in [-0.39, 0.29) is 31.7 Å². The highest BCUT2D eigenvalue weighted by molar-refractivity contribution is 7.93. The number of aromatic nitrogens is 1. The molecular weight excluding hydrogens is 502 g/mol. The van der Waals surface area contributed by atoms with Crippen molar-refractivity contribution in [2.75, 3.05) is 9.44 Å². The van der Waals surface area contributed by atoms with Crippen LogP contribution in [0.3, 0.4) is 0 Å². The summed E-state index contributed by atoms with van der Waals surface area (Å²) in [7, 11) is -8.53. The molecule has 0 spiro atoms. The maximum atomic E-state index is 12.8. The molecule has 0 aliphatic heterocycles. The maximum absolute atomic E-state index is 12.8. The number of aromatic hydroxyl groups is 1. The molecule has 0 amide bonds. The Hall–Kier alpha value is -3.13. The predicted molar refractivity (Wildman–Crippen MR) is 119 cm³/mol. The summed E-state index contributed by atoms with van der Waals surface area (Å²) < 4.78 is 59.7. The van der Waals surface area contributed by atoms with Crippen LogP contribution in [-0.4, -0.2) is 26.9 Å². The molecule has 0 aliphatic rings. The third-order valence-corrected chi connectivity index (χ3v) is 7.95. The number of nitrogens with zero attached hydrogens (tertiary/aromatic N) is 1. The number of nitrogens with one attached hydrogen (secondary N) is 2. The van der Waals surface area contributed by atoms with Gasteiger partial charge in [0.1, 0.15) is 5.58 Å². The smallest absolute Gasteiger partial charge is 0.361 e. The topological polar surface area (TPSA) is 156 Å². The molecule has 0 radical (unpaired) electrons. The SMILES string of the molecule is O=c1oc2ccc(Cl)cc2c(O)c1S(=O)(=O)Nc1ccc(S(=O)(=O)Nc2nccs2)cc1. The van der Waals surface area contributed by atoms with Gasteiger partial charge >= 0.3 is 5.63 Å². The van der Waals surface area contributed by atoms with Gasteiger partial charge in [-0.2, -0.15) is 0 Å². The van der Waals surface area contributed by atoms with Crippen molar-refractivity contribution >= 4 is 64.8 Å². The number of sulfonamides is 2. The van der Waals surface area contributed by atoms with Gasteiger partial charge in [0.25, 0.3) is 20.0 Å². The molecule has 14 heteroatoms. The molecule has 0 fully saturated rings. The molecule has 10 nitrogen and oxygen atoms in total. The van der Waals surface area contributed by atoms with E-state index in [9.17, 15) is 26.7 Å². The zero-order chi connectivity index (χ0) is 23.1. The van der Waals surface area contributed by atoms with Crippen LogP contribution < -0.4 is 15.1 Å². The maximum Gasteiger partial charge on any atom is 0.361 e. The first-order chi connectivity index (χ1) is 15.1. The highest BCUT2D eigenvalue weighted by Gasteiger charge is 2.27. The second-order valence-corrected chi connectivity index (χ2v) is 10.9. The van der Waals surface area contributed by atoms with Crippen molar-refractivity contribution in [3.05, 3.63) is 69.5 Å². The van der Waals surface area contributed by atoms with E-state index in [2.05, 4.69) is 14.4 Å². The highest BCUT2D eigenvalue weighted by atomic mass is 35.5. The summed E-state index contributed by atoms with van der Waals surface area (Å²) in [4.78, 5) is 14.9. The van der Waals surface area contributed by atoms with Crippen molar-refractivity contribution in [1.29, 1.82) is 0 Å². The number of thiazole rings is 1. The molecule has 2 aromatic heterocycles. The average Bonchev–Trinajstić information content (AvgIpc) is 3.21. The van der Waals surface area contributed by atoms with Gasteiger partial charge in [-0.3, -0.25) is 9.44 Å². The molecule has 0 aliphatic carbocycles. The van der Waals surface area contributed by atoms with Crippen LogP contribution in [0.4, 0.5) is 10.8 Å². The van der Waals surface area contributed by atoms with E-state index >= 15 is 0 Å². The minimum atomic E-state index is -4.59. The van der Waals surface area contributed by atoms with Crippen LogP contribution in [0.2, 0.25) is 5.02 Å². The first-order valence-electron chi connectivity index (χ1n) is 8.57. The lowest BCUT2D eigenvalue weighted by Gasteiger charge is -2.11. The number of halogens is 1. The summed E-state index contributed by atoms with van der Waals surface area (Å²) >= 11 is 6.96. The van der Waals surface area contributed by atoms with Gasteiger partial charge in [-0.05, 0) is 42.5 Å². The first-order valence-corrected chi connectivity index (χ1v) is 12.8. The molecule has 4 aromatic rings. The number of hydrogen-bond donors (Lipinski definition) is 3. The summed E-state index contributed by atoms with van der Waals surface area (Å²) in [6.07, 6.45) is 1.44. The van der Waals surface area contributed by atoms with Crippen molar-refractivity contribution in [2.45, 2.75) is 9.79 Å². The van der Waals surface area contributed by atoms with Crippen molar-refractivity contribution in [3.8, 4) is 5.75 Å². The largest absolute Gasteiger partial charge is 0.505 e. The van der Waals surface area contributed by atoms with E-state index in [0.29, 0.717) is 0 Å². The molecule has 166 valence electrons. The van der Waals surface area contributed by atoms with Crippen LogP contribution in [0.5, 0.6) is 5.75 Å². The van der Waals surface area contributed by atoms with E-state index < -0.39 is 36.3 Å². The van der Waals surface area contributed by atoms with E-state index in [1.54, 1.807) is 5.38 Å². The Labute approximate surface area is 190 Å². The first kappa shape index (κ1) is 22.1. The van der Waals surface area contributed by atoms with Gasteiger partial charge in [0.2, 0.25) is 4.90 Å². The van der Waals surface area contributed by atoms with Crippen LogP contribution in [0, 0.1) is 0 Å². The Bertz CT molecular complexity index is 1580. The van der Waals surface area contributed by atoms with Crippen molar-refractivity contribution < 1.29 is 26.4 Å². The quantitative estimate of drug-likeness (QED) is 0.332. The van der Waals surface area contributed by atoms with Crippen LogP contribution >= 0.6 is 22.9 Å². The third-order valence-electron chi connectivity index (χ3n) is 4.14. The van der Waals surface area contributed by atoms with Gasteiger partial charge in [-0.25, -0.2) is 26.6 Å². The van der Waals surface area contributed by atoms with Gasteiger partial charge in [0, 0.05) is 22.3 Å². The lowest BCUT2D eigenvalue weighted by atomic mass is 10.2. The summed E-state index contributed by atoms with van der Waals surface area (Å²) in [6.45, 7) is 0. The van der Waals surface area contributed by atoms with Crippen LogP contribution in [0.1, 0.15) is 0 Å². The molecule has 0 saturated carbocycles. The molecule has 0 saturated heterocycles. The highest BCUT2D eigenvalue weighted by Crippen LogP contribution is 2.32. The minimum Gasteiger partial charge on any atom is -0.505 e. The molecule has 2 heterocycles. The monoisotopic (exact) mass is 513 g/mol. The Kier molecular flexibility index (Phi) is 5.58. The molecule has 2 aromatic carbocycles. The fraction of sp³-hybridized carbons (Fsp3) is 0. The number of hydrogen-bond acceptors (Lipinski definition) is 9. The zero-order valence-electron chi connectivity index (χ0n) is 15.6.